The summed E-state index contributed by atoms with van der Waals surface area (Å²) in [6.45, 7) is 14.3. The Morgan fingerprint density at radius 3 is 1.62 bits per heavy atom. The third kappa shape index (κ3) is 8.87. The van der Waals surface area contributed by atoms with Crippen LogP contribution in [0.4, 0.5) is 0 Å². The molecular formula is C22H34N2O4Y-2. The number of carbonyl (C=O) groups excluding carboxylic acids is 4. The monoisotopic (exact) mass is 479 g/mol. The Bertz CT molecular complexity index is 637. The van der Waals surface area contributed by atoms with Crippen LogP contribution in [0.5, 0.6) is 0 Å². The number of hydrogen-bond acceptors (Lipinski definition) is 4. The van der Waals surface area contributed by atoms with Gasteiger partial charge in [-0.1, -0.05) is 39.8 Å². The van der Waals surface area contributed by atoms with Gasteiger partial charge >= 0.3 is 0 Å². The molecule has 1 fully saturated rings. The summed E-state index contributed by atoms with van der Waals surface area (Å²) in [5, 5.41) is 2.15. The Kier molecular flexibility index (Phi) is 18.3. The van der Waals surface area contributed by atoms with Crippen LogP contribution in [0.1, 0.15) is 82.0 Å². The zero-order valence-corrected chi connectivity index (χ0v) is 21.8. The van der Waals surface area contributed by atoms with Crippen LogP contribution in [0, 0.1) is 13.3 Å². The van der Waals surface area contributed by atoms with E-state index in [-0.39, 0.29) is 58.9 Å². The maximum Gasteiger partial charge on any atom is 0.262 e. The van der Waals surface area contributed by atoms with Crippen molar-refractivity contribution in [2.24, 2.45) is 0 Å². The predicted octanol–water partition coefficient (Wildman–Crippen LogP) is 4.21. The van der Waals surface area contributed by atoms with Gasteiger partial charge in [0.25, 0.3) is 11.8 Å². The Morgan fingerprint density at radius 2 is 1.28 bits per heavy atom. The molecule has 0 bridgehead atoms. The van der Waals surface area contributed by atoms with Crippen molar-refractivity contribution in [2.75, 3.05) is 0 Å². The predicted molar refractivity (Wildman–Crippen MR) is 112 cm³/mol. The van der Waals surface area contributed by atoms with E-state index >= 15 is 0 Å². The second-order valence-electron chi connectivity index (χ2n) is 5.99. The molecule has 161 valence electrons. The average Bonchev–Trinajstić information content (AvgIpc) is 2.90. The van der Waals surface area contributed by atoms with E-state index in [1.54, 1.807) is 24.3 Å². The number of hydrogen-bond donors (Lipinski definition) is 1. The molecule has 2 heterocycles. The fraction of sp³-hybridized carbons (Fsp3) is 0.455. The van der Waals surface area contributed by atoms with Crippen molar-refractivity contribution < 1.29 is 51.9 Å². The number of imide groups is 2. The van der Waals surface area contributed by atoms with Crippen molar-refractivity contribution in [2.45, 2.75) is 67.3 Å². The Hall–Kier alpha value is -1.40. The topological polar surface area (TPSA) is 83.6 Å². The molecule has 1 aromatic carbocycles. The van der Waals surface area contributed by atoms with Crippen LogP contribution >= 0.6 is 0 Å². The average molecular weight is 479 g/mol. The molecule has 1 saturated heterocycles. The molecule has 1 radical (unpaired) electrons. The number of fused-ring (bicyclic) bond motifs is 1. The third-order valence-corrected chi connectivity index (χ3v) is 3.35. The summed E-state index contributed by atoms with van der Waals surface area (Å²) < 4.78 is 0. The second kappa shape index (κ2) is 16.4. The molecule has 7 heteroatoms. The van der Waals surface area contributed by atoms with Crippen LogP contribution in [-0.2, 0) is 42.3 Å². The molecular weight excluding hydrogens is 445 g/mol. The van der Waals surface area contributed by atoms with E-state index in [9.17, 15) is 19.2 Å². The fourth-order valence-corrected chi connectivity index (χ4v) is 2.42. The van der Waals surface area contributed by atoms with Crippen LogP contribution in [0.3, 0.4) is 0 Å². The number of nitrogens with zero attached hydrogens (tertiary/aromatic N) is 1. The molecule has 6 nitrogen and oxygen atoms in total. The Morgan fingerprint density at radius 1 is 0.897 bits per heavy atom. The number of piperidine rings is 1. The van der Waals surface area contributed by atoms with Gasteiger partial charge in [0.15, 0.2) is 0 Å². The summed E-state index contributed by atoms with van der Waals surface area (Å²) in [4.78, 5) is 48.1. The Balaban J connectivity index is -0.000000596. The summed E-state index contributed by atoms with van der Waals surface area (Å²) in [6, 6.07) is 5.55. The summed E-state index contributed by atoms with van der Waals surface area (Å²) in [6.07, 6.45) is 0.306. The summed E-state index contributed by atoms with van der Waals surface area (Å²) in [5.74, 6) is -0.506. The maximum atomic E-state index is 12.2. The van der Waals surface area contributed by atoms with Crippen LogP contribution in [0.25, 0.3) is 0 Å². The van der Waals surface area contributed by atoms with Gasteiger partial charge in [0, 0.05) is 39.1 Å². The fourth-order valence-electron chi connectivity index (χ4n) is 2.42. The molecule has 0 spiro atoms. The third-order valence-electron chi connectivity index (χ3n) is 3.35. The standard InChI is InChI=1S/C13H10N2O4.C4H9.2C2H6.CH3.Y/c16-10-6-5-9(11(17)14-10)15-12(18)7-3-1-2-4-8(7)13(15)19;1-4(2)3;2*1-2;;/h1-4,9H,5-6H2,(H,14,16,17);1-3H3;2*1-2H3;1H3;/q;-1;;;-1;. The number of amides is 4. The molecule has 0 aromatic heterocycles. The van der Waals surface area contributed by atoms with E-state index < -0.39 is 23.8 Å². The number of carbonyl (C=O) groups is 4. The maximum absolute atomic E-state index is 12.2. The van der Waals surface area contributed by atoms with Crippen molar-refractivity contribution in [1.82, 2.24) is 10.2 Å². The zero-order valence-electron chi connectivity index (χ0n) is 19.0. The van der Waals surface area contributed by atoms with Gasteiger partial charge in [0.2, 0.25) is 11.8 Å². The van der Waals surface area contributed by atoms with E-state index in [4.69, 9.17) is 0 Å². The van der Waals surface area contributed by atoms with Crippen molar-refractivity contribution >= 4 is 23.6 Å². The second-order valence-corrected chi connectivity index (χ2v) is 5.99. The van der Waals surface area contributed by atoms with Gasteiger partial charge in [-0.25, -0.2) is 0 Å². The summed E-state index contributed by atoms with van der Waals surface area (Å²) in [5.41, 5.74) is 0.606. The first-order chi connectivity index (χ1) is 12.8. The first kappa shape index (κ1) is 32.3. The molecule has 0 saturated carbocycles. The summed E-state index contributed by atoms with van der Waals surface area (Å²) in [7, 11) is 0. The van der Waals surface area contributed by atoms with Gasteiger partial charge in [-0.05, 0) is 18.6 Å². The van der Waals surface area contributed by atoms with Gasteiger partial charge in [-0.2, -0.15) is 20.8 Å². The minimum absolute atomic E-state index is 0. The first-order valence-electron chi connectivity index (χ1n) is 9.40. The number of rotatable bonds is 1. The SMILES string of the molecule is CC.CC.C[C-](C)C.O=C1CCC(N2C(=O)c3ccccc3C2=O)C(=O)N1.[CH3-].[Y]. The van der Waals surface area contributed by atoms with E-state index in [1.807, 2.05) is 27.7 Å². The van der Waals surface area contributed by atoms with Gasteiger partial charge in [-0.3, -0.25) is 29.4 Å². The smallest absolute Gasteiger partial charge is 0.262 e. The van der Waals surface area contributed by atoms with Crippen molar-refractivity contribution in [3.8, 4) is 0 Å². The Labute approximate surface area is 201 Å². The van der Waals surface area contributed by atoms with Gasteiger partial charge < -0.3 is 13.3 Å². The zero-order chi connectivity index (χ0) is 21.1. The molecule has 1 unspecified atom stereocenters. The molecule has 1 aromatic rings. The number of benzene rings is 1. The van der Waals surface area contributed by atoms with E-state index in [0.717, 1.165) is 4.90 Å². The van der Waals surface area contributed by atoms with Gasteiger partial charge in [0.1, 0.15) is 6.04 Å². The minimum atomic E-state index is -0.898. The van der Waals surface area contributed by atoms with Crippen molar-refractivity contribution in [3.63, 3.8) is 0 Å². The van der Waals surface area contributed by atoms with Crippen molar-refractivity contribution in [1.29, 1.82) is 0 Å². The van der Waals surface area contributed by atoms with Gasteiger partial charge in [0.05, 0.1) is 11.1 Å². The van der Waals surface area contributed by atoms with E-state index in [2.05, 4.69) is 26.1 Å². The molecule has 3 rings (SSSR count). The summed E-state index contributed by atoms with van der Waals surface area (Å²) >= 11 is 0. The van der Waals surface area contributed by atoms with E-state index in [0.29, 0.717) is 11.1 Å². The molecule has 1 N–H and O–H groups in total. The minimum Gasteiger partial charge on any atom is -0.358 e. The van der Waals surface area contributed by atoms with Crippen LogP contribution in [-0.4, -0.2) is 34.6 Å². The van der Waals surface area contributed by atoms with E-state index in [1.165, 1.54) is 5.92 Å². The molecule has 29 heavy (non-hydrogen) atoms. The van der Waals surface area contributed by atoms with Crippen LogP contribution in [0.2, 0.25) is 0 Å². The molecule has 0 aliphatic carbocycles. The van der Waals surface area contributed by atoms with Crippen LogP contribution in [0.15, 0.2) is 24.3 Å². The number of nitrogens with one attached hydrogen (secondary N) is 1. The normalized spacial score (nSPS) is 16.4. The largest absolute Gasteiger partial charge is 0.358 e. The molecule has 4 amide bonds. The van der Waals surface area contributed by atoms with Gasteiger partial charge in [-0.15, -0.1) is 0 Å². The van der Waals surface area contributed by atoms with Crippen LogP contribution < -0.4 is 5.32 Å². The van der Waals surface area contributed by atoms with Crippen molar-refractivity contribution in [3.05, 3.63) is 48.7 Å². The quantitative estimate of drug-likeness (QED) is 0.483. The molecule has 2 aliphatic rings. The molecule has 1 atom stereocenters. The molecule has 2 aliphatic heterocycles. The first-order valence-corrected chi connectivity index (χ1v) is 9.40.